The van der Waals surface area contributed by atoms with Crippen molar-refractivity contribution < 1.29 is 41.0 Å². The molecule has 2 rings (SSSR count). The number of hydrogen-bond donors (Lipinski definition) is 1. The highest BCUT2D eigenvalue weighted by Gasteiger charge is 2.42. The molecule has 0 saturated carbocycles. The van der Waals surface area contributed by atoms with Crippen molar-refractivity contribution in [1.82, 2.24) is 20.2 Å². The maximum Gasteiger partial charge on any atom is 0.417 e. The first-order valence-corrected chi connectivity index (χ1v) is 7.18. The van der Waals surface area contributed by atoms with Crippen LogP contribution in [0.5, 0.6) is 0 Å². The third-order valence-corrected chi connectivity index (χ3v) is 3.37. The van der Waals surface area contributed by atoms with Crippen LogP contribution in [0.1, 0.15) is 24.0 Å². The van der Waals surface area contributed by atoms with E-state index in [-0.39, 0.29) is 0 Å². The average molecular weight is 396 g/mol. The highest BCUT2D eigenvalue weighted by molar-refractivity contribution is 5.82. The minimum absolute atomic E-state index is 0.440. The van der Waals surface area contributed by atoms with Crippen molar-refractivity contribution in [2.24, 2.45) is 0 Å². The smallest absolute Gasteiger partial charge is 0.417 e. The number of aromatic nitrogens is 4. The number of carbonyl (C=O) groups is 2. The van der Waals surface area contributed by atoms with E-state index in [2.05, 4.69) is 15.5 Å². The van der Waals surface area contributed by atoms with Gasteiger partial charge >= 0.3 is 18.3 Å². The van der Waals surface area contributed by atoms with Crippen molar-refractivity contribution in [3.05, 3.63) is 29.3 Å². The number of hydrogen-bond acceptors (Lipinski definition) is 5. The number of aliphatic carboxylic acids is 1. The summed E-state index contributed by atoms with van der Waals surface area (Å²) in [4.78, 5) is 22.2. The van der Waals surface area contributed by atoms with E-state index in [4.69, 9.17) is 5.11 Å². The zero-order valence-corrected chi connectivity index (χ0v) is 13.2. The van der Waals surface area contributed by atoms with Crippen LogP contribution in [0.25, 0.3) is 11.4 Å². The molecule has 0 saturated heterocycles. The topological polar surface area (TPSA) is 98.0 Å². The third-order valence-electron chi connectivity index (χ3n) is 3.37. The molecule has 2 aromatic rings. The Labute approximate surface area is 146 Å². The van der Waals surface area contributed by atoms with Crippen molar-refractivity contribution in [2.45, 2.75) is 31.7 Å². The van der Waals surface area contributed by atoms with Crippen molar-refractivity contribution >= 4 is 11.8 Å². The van der Waals surface area contributed by atoms with Crippen LogP contribution < -0.4 is 0 Å². The summed E-state index contributed by atoms with van der Waals surface area (Å²) in [5.41, 5.74) is -4.55. The highest BCUT2D eigenvalue weighted by atomic mass is 19.4. The van der Waals surface area contributed by atoms with Crippen molar-refractivity contribution in [3.63, 3.8) is 0 Å². The number of nitrogens with zero attached hydrogens (tertiary/aromatic N) is 4. The van der Waals surface area contributed by atoms with E-state index in [0.717, 1.165) is 0 Å². The summed E-state index contributed by atoms with van der Waals surface area (Å²) in [6.07, 6.45) is -11.3. The Hall–Kier alpha value is -2.99. The maximum atomic E-state index is 13.2. The van der Waals surface area contributed by atoms with Gasteiger partial charge < -0.3 is 5.11 Å². The van der Waals surface area contributed by atoms with Gasteiger partial charge in [-0.3, -0.25) is 9.59 Å². The number of ketones is 1. The van der Waals surface area contributed by atoms with Crippen molar-refractivity contribution in [3.8, 4) is 11.4 Å². The molecule has 0 atom stereocenters. The van der Waals surface area contributed by atoms with Gasteiger partial charge in [0.25, 0.3) is 0 Å². The molecule has 0 bridgehead atoms. The van der Waals surface area contributed by atoms with E-state index in [1.165, 1.54) is 0 Å². The highest BCUT2D eigenvalue weighted by Crippen LogP contribution is 2.43. The lowest BCUT2D eigenvalue weighted by molar-refractivity contribution is -0.142. The first-order valence-electron chi connectivity index (χ1n) is 7.18. The average Bonchev–Trinajstić information content (AvgIpc) is 2.98. The molecule has 7 nitrogen and oxygen atoms in total. The zero-order valence-electron chi connectivity index (χ0n) is 13.2. The molecule has 0 aliphatic heterocycles. The molecule has 1 aromatic carbocycles. The van der Waals surface area contributed by atoms with Crippen LogP contribution in [-0.4, -0.2) is 37.1 Å². The van der Waals surface area contributed by atoms with E-state index < -0.39 is 66.0 Å². The fourth-order valence-corrected chi connectivity index (χ4v) is 2.25. The Balaban J connectivity index is 2.55. The molecule has 0 amide bonds. The number of carbonyl (C=O) groups excluding carboxylic acids is 1. The quantitative estimate of drug-likeness (QED) is 0.754. The summed E-state index contributed by atoms with van der Waals surface area (Å²) in [6, 6.07) is 1.48. The number of benzene rings is 1. The first kappa shape index (κ1) is 20.3. The van der Waals surface area contributed by atoms with Gasteiger partial charge in [0.05, 0.1) is 17.5 Å². The predicted octanol–water partition coefficient (Wildman–Crippen LogP) is 2.81. The molecule has 1 aromatic heterocycles. The minimum atomic E-state index is -5.14. The van der Waals surface area contributed by atoms with Crippen LogP contribution >= 0.6 is 0 Å². The molecule has 0 spiro atoms. The van der Waals surface area contributed by atoms with Gasteiger partial charge in [-0.25, -0.2) is 4.68 Å². The second-order valence-corrected chi connectivity index (χ2v) is 5.32. The molecule has 27 heavy (non-hydrogen) atoms. The molecule has 1 heterocycles. The number of halogens is 6. The lowest BCUT2D eigenvalue weighted by atomic mass is 9.99. The Bertz CT molecular complexity index is 827. The zero-order chi connectivity index (χ0) is 20.4. The van der Waals surface area contributed by atoms with E-state index in [1.54, 1.807) is 0 Å². The number of Topliss-reactive ketones (excluding diaryl/α,β-unsaturated/α-hetero) is 1. The van der Waals surface area contributed by atoms with Gasteiger partial charge in [0, 0.05) is 12.0 Å². The van der Waals surface area contributed by atoms with E-state index in [1.807, 2.05) is 0 Å². The molecular formula is C14H10F6N4O3. The fourth-order valence-electron chi connectivity index (χ4n) is 2.25. The SMILES string of the molecule is O=C(O)CCC(=O)Cn1nnnc1-c1c(C(F)(F)F)cccc1C(F)(F)F. The number of rotatable bonds is 6. The molecular weight excluding hydrogens is 386 g/mol. The van der Waals surface area contributed by atoms with Crippen LogP contribution in [-0.2, 0) is 28.5 Å². The number of carboxylic acids is 1. The van der Waals surface area contributed by atoms with Crippen LogP contribution in [0.2, 0.25) is 0 Å². The van der Waals surface area contributed by atoms with Gasteiger partial charge in [0.15, 0.2) is 11.6 Å². The van der Waals surface area contributed by atoms with E-state index in [0.29, 0.717) is 22.9 Å². The number of alkyl halides is 6. The Kier molecular flexibility index (Phi) is 5.51. The molecule has 0 radical (unpaired) electrons. The van der Waals surface area contributed by atoms with Gasteiger partial charge in [-0.2, -0.15) is 26.3 Å². The standard InChI is InChI=1S/C14H10F6N4O3/c15-13(16,17)8-2-1-3-9(14(18,19)20)11(8)12-21-22-23-24(12)6-7(25)4-5-10(26)27/h1-3H,4-6H2,(H,26,27). The molecule has 13 heteroatoms. The summed E-state index contributed by atoms with van der Waals surface area (Å²) in [5.74, 6) is -2.97. The summed E-state index contributed by atoms with van der Waals surface area (Å²) in [6.45, 7) is -0.779. The predicted molar refractivity (Wildman–Crippen MR) is 75.1 cm³/mol. The third kappa shape index (κ3) is 4.80. The maximum absolute atomic E-state index is 13.2. The first-order chi connectivity index (χ1) is 12.4. The van der Waals surface area contributed by atoms with Crippen LogP contribution in [0.15, 0.2) is 18.2 Å². The normalized spacial score (nSPS) is 12.2. The number of carboxylic acid groups (broad SMARTS) is 1. The van der Waals surface area contributed by atoms with E-state index >= 15 is 0 Å². The Morgan fingerprint density at radius 2 is 1.56 bits per heavy atom. The molecule has 0 fully saturated rings. The summed E-state index contributed by atoms with van der Waals surface area (Å²) in [7, 11) is 0. The molecule has 0 unspecified atom stereocenters. The van der Waals surface area contributed by atoms with Gasteiger partial charge in [0.1, 0.15) is 6.54 Å². The monoisotopic (exact) mass is 396 g/mol. The van der Waals surface area contributed by atoms with Crippen molar-refractivity contribution in [2.75, 3.05) is 0 Å². The van der Waals surface area contributed by atoms with E-state index in [9.17, 15) is 35.9 Å². The van der Waals surface area contributed by atoms with Gasteiger partial charge in [0.2, 0.25) is 0 Å². The molecule has 0 aliphatic rings. The number of tetrazole rings is 1. The summed E-state index contributed by atoms with van der Waals surface area (Å²) in [5, 5.41) is 18.1. The molecule has 146 valence electrons. The lowest BCUT2D eigenvalue weighted by Crippen LogP contribution is -2.18. The van der Waals surface area contributed by atoms with Crippen LogP contribution in [0.4, 0.5) is 26.3 Å². The molecule has 1 N–H and O–H groups in total. The van der Waals surface area contributed by atoms with Crippen LogP contribution in [0.3, 0.4) is 0 Å². The van der Waals surface area contributed by atoms with Gasteiger partial charge in [-0.05, 0) is 22.6 Å². The van der Waals surface area contributed by atoms with Gasteiger partial charge in [-0.15, -0.1) is 5.10 Å². The fraction of sp³-hybridized carbons (Fsp3) is 0.357. The minimum Gasteiger partial charge on any atom is -0.481 e. The van der Waals surface area contributed by atoms with Crippen molar-refractivity contribution in [1.29, 1.82) is 0 Å². The second kappa shape index (κ2) is 7.32. The summed E-state index contributed by atoms with van der Waals surface area (Å²) >= 11 is 0. The van der Waals surface area contributed by atoms with Crippen LogP contribution in [0, 0.1) is 0 Å². The largest absolute Gasteiger partial charge is 0.481 e. The second-order valence-electron chi connectivity index (χ2n) is 5.32. The Morgan fingerprint density at radius 3 is 2.04 bits per heavy atom. The summed E-state index contributed by atoms with van der Waals surface area (Å²) < 4.78 is 79.9. The molecule has 0 aliphatic carbocycles. The van der Waals surface area contributed by atoms with Gasteiger partial charge in [-0.1, -0.05) is 6.07 Å². The Morgan fingerprint density at radius 1 is 1.00 bits per heavy atom. The lowest BCUT2D eigenvalue weighted by Gasteiger charge is -2.18.